The maximum atomic E-state index is 6.03. The van der Waals surface area contributed by atoms with Crippen LogP contribution in [0.2, 0.25) is 0 Å². The van der Waals surface area contributed by atoms with E-state index in [1.54, 1.807) is 6.08 Å². The topological polar surface area (TPSA) is 44.5 Å². The first-order valence-corrected chi connectivity index (χ1v) is 6.63. The minimum absolute atomic E-state index is 0.169. The number of fused-ring (bicyclic) bond motifs is 1. The Morgan fingerprint density at radius 3 is 2.50 bits per heavy atom. The van der Waals surface area contributed by atoms with Crippen molar-refractivity contribution in [3.05, 3.63) is 78.4 Å². The standard InChI is InChI=1S/C17H17NO2/c1-2-14(18)17-19-15-11-7-6-10-13(15)16(20-17)12-8-4-3-5-9-12/h2-11,14,16-17H,1,18H2. The average Bonchev–Trinajstić information content (AvgIpc) is 2.54. The Bertz CT molecular complexity index is 597. The molecule has 1 aliphatic rings. The molecule has 0 fully saturated rings. The summed E-state index contributed by atoms with van der Waals surface area (Å²) < 4.78 is 11.9. The third kappa shape index (κ3) is 2.33. The first-order valence-electron chi connectivity index (χ1n) is 6.63. The van der Waals surface area contributed by atoms with Crippen molar-refractivity contribution in [2.24, 2.45) is 5.73 Å². The first kappa shape index (κ1) is 12.9. The molecule has 3 atom stereocenters. The van der Waals surface area contributed by atoms with Crippen molar-refractivity contribution in [2.45, 2.75) is 18.4 Å². The maximum absolute atomic E-state index is 6.03. The van der Waals surface area contributed by atoms with Crippen molar-refractivity contribution in [3.8, 4) is 5.75 Å². The molecule has 3 heteroatoms. The van der Waals surface area contributed by atoms with E-state index in [9.17, 15) is 0 Å². The van der Waals surface area contributed by atoms with Crippen molar-refractivity contribution in [1.29, 1.82) is 0 Å². The summed E-state index contributed by atoms with van der Waals surface area (Å²) in [5, 5.41) is 0. The predicted molar refractivity (Wildman–Crippen MR) is 78.4 cm³/mol. The van der Waals surface area contributed by atoms with E-state index in [0.717, 1.165) is 16.9 Å². The Kier molecular flexibility index (Phi) is 3.54. The van der Waals surface area contributed by atoms with Gasteiger partial charge in [0, 0.05) is 5.56 Å². The summed E-state index contributed by atoms with van der Waals surface area (Å²) >= 11 is 0. The van der Waals surface area contributed by atoms with Gasteiger partial charge in [0.1, 0.15) is 11.9 Å². The highest BCUT2D eigenvalue weighted by molar-refractivity contribution is 5.41. The summed E-state index contributed by atoms with van der Waals surface area (Å²) in [6.07, 6.45) is 0.949. The lowest BCUT2D eigenvalue weighted by atomic mass is 9.99. The van der Waals surface area contributed by atoms with E-state index in [0.29, 0.717) is 0 Å². The van der Waals surface area contributed by atoms with Crippen LogP contribution in [0.25, 0.3) is 0 Å². The molecule has 20 heavy (non-hydrogen) atoms. The molecule has 0 saturated heterocycles. The second-order valence-corrected chi connectivity index (χ2v) is 4.76. The van der Waals surface area contributed by atoms with Gasteiger partial charge < -0.3 is 15.2 Å². The van der Waals surface area contributed by atoms with Gasteiger partial charge in [0.2, 0.25) is 6.29 Å². The molecular weight excluding hydrogens is 250 g/mol. The Balaban J connectivity index is 2.02. The minimum Gasteiger partial charge on any atom is -0.462 e. The van der Waals surface area contributed by atoms with Crippen molar-refractivity contribution in [2.75, 3.05) is 0 Å². The van der Waals surface area contributed by atoms with Crippen LogP contribution in [0.4, 0.5) is 0 Å². The van der Waals surface area contributed by atoms with Crippen LogP contribution in [0.15, 0.2) is 67.3 Å². The fourth-order valence-corrected chi connectivity index (χ4v) is 2.33. The van der Waals surface area contributed by atoms with Crippen molar-refractivity contribution in [3.63, 3.8) is 0 Å². The van der Waals surface area contributed by atoms with Crippen LogP contribution in [0.5, 0.6) is 5.75 Å². The summed E-state index contributed by atoms with van der Waals surface area (Å²) in [5.41, 5.74) is 8.08. The van der Waals surface area contributed by atoms with E-state index in [1.807, 2.05) is 54.6 Å². The highest BCUT2D eigenvalue weighted by Crippen LogP contribution is 2.38. The Morgan fingerprint density at radius 1 is 1.05 bits per heavy atom. The monoisotopic (exact) mass is 267 g/mol. The van der Waals surface area contributed by atoms with Gasteiger partial charge in [0.15, 0.2) is 0 Å². The molecule has 2 N–H and O–H groups in total. The Morgan fingerprint density at radius 2 is 1.75 bits per heavy atom. The summed E-state index contributed by atoms with van der Waals surface area (Å²) in [6.45, 7) is 3.70. The van der Waals surface area contributed by atoms with Crippen LogP contribution in [0.1, 0.15) is 17.2 Å². The Hall–Kier alpha value is -2.10. The van der Waals surface area contributed by atoms with Gasteiger partial charge in [-0.15, -0.1) is 6.58 Å². The van der Waals surface area contributed by atoms with Crippen LogP contribution in [0, 0.1) is 0 Å². The van der Waals surface area contributed by atoms with Gasteiger partial charge in [0.25, 0.3) is 0 Å². The average molecular weight is 267 g/mol. The van der Waals surface area contributed by atoms with Crippen LogP contribution in [-0.2, 0) is 4.74 Å². The highest BCUT2D eigenvalue weighted by Gasteiger charge is 2.32. The van der Waals surface area contributed by atoms with E-state index in [2.05, 4.69) is 6.58 Å². The molecule has 102 valence electrons. The van der Waals surface area contributed by atoms with Gasteiger partial charge >= 0.3 is 0 Å². The smallest absolute Gasteiger partial charge is 0.219 e. The van der Waals surface area contributed by atoms with E-state index in [-0.39, 0.29) is 12.1 Å². The van der Waals surface area contributed by atoms with E-state index in [4.69, 9.17) is 15.2 Å². The largest absolute Gasteiger partial charge is 0.462 e. The van der Waals surface area contributed by atoms with Gasteiger partial charge in [-0.25, -0.2) is 0 Å². The zero-order valence-electron chi connectivity index (χ0n) is 11.1. The van der Waals surface area contributed by atoms with Crippen LogP contribution >= 0.6 is 0 Å². The summed E-state index contributed by atoms with van der Waals surface area (Å²) in [4.78, 5) is 0. The zero-order chi connectivity index (χ0) is 13.9. The minimum atomic E-state index is -0.521. The number of nitrogens with two attached hydrogens (primary N) is 1. The van der Waals surface area contributed by atoms with Crippen LogP contribution in [0.3, 0.4) is 0 Å². The summed E-state index contributed by atoms with van der Waals surface area (Å²) in [5.74, 6) is 0.815. The summed E-state index contributed by atoms with van der Waals surface area (Å²) in [7, 11) is 0. The zero-order valence-corrected chi connectivity index (χ0v) is 11.1. The molecule has 2 aromatic rings. The Labute approximate surface area is 118 Å². The molecule has 3 nitrogen and oxygen atoms in total. The molecule has 3 unspecified atom stereocenters. The van der Waals surface area contributed by atoms with Gasteiger partial charge in [-0.3, -0.25) is 0 Å². The molecule has 0 radical (unpaired) electrons. The van der Waals surface area contributed by atoms with Crippen molar-refractivity contribution in [1.82, 2.24) is 0 Å². The lowest BCUT2D eigenvalue weighted by Gasteiger charge is -2.34. The van der Waals surface area contributed by atoms with Gasteiger partial charge in [-0.05, 0) is 11.6 Å². The summed E-state index contributed by atoms with van der Waals surface area (Å²) in [6, 6.07) is 17.6. The second kappa shape index (κ2) is 5.49. The number of rotatable bonds is 3. The third-order valence-electron chi connectivity index (χ3n) is 3.40. The molecule has 0 aliphatic carbocycles. The van der Waals surface area contributed by atoms with Gasteiger partial charge in [-0.2, -0.15) is 0 Å². The van der Waals surface area contributed by atoms with Crippen LogP contribution in [-0.4, -0.2) is 12.3 Å². The molecule has 0 aromatic heterocycles. The molecule has 0 spiro atoms. The molecule has 0 saturated carbocycles. The molecule has 1 aliphatic heterocycles. The second-order valence-electron chi connectivity index (χ2n) is 4.76. The van der Waals surface area contributed by atoms with Gasteiger partial charge in [0.05, 0.1) is 6.04 Å². The normalized spacial score (nSPS) is 22.4. The van der Waals surface area contributed by atoms with E-state index < -0.39 is 6.29 Å². The quantitative estimate of drug-likeness (QED) is 0.869. The first-order chi connectivity index (χ1) is 9.79. The lowest BCUT2D eigenvalue weighted by molar-refractivity contribution is -0.132. The fraction of sp³-hybridized carbons (Fsp3) is 0.176. The molecular formula is C17H17NO2. The van der Waals surface area contributed by atoms with Gasteiger partial charge in [-0.1, -0.05) is 54.6 Å². The lowest BCUT2D eigenvalue weighted by Crippen LogP contribution is -2.42. The van der Waals surface area contributed by atoms with E-state index in [1.165, 1.54) is 0 Å². The SMILES string of the molecule is C=CC(N)C1Oc2ccccc2C(c2ccccc2)O1. The molecule has 2 aromatic carbocycles. The van der Waals surface area contributed by atoms with Crippen LogP contribution < -0.4 is 10.5 Å². The van der Waals surface area contributed by atoms with Crippen molar-refractivity contribution < 1.29 is 9.47 Å². The van der Waals surface area contributed by atoms with Crippen molar-refractivity contribution >= 4 is 0 Å². The number of hydrogen-bond donors (Lipinski definition) is 1. The molecule has 0 amide bonds. The molecule has 1 heterocycles. The molecule has 0 bridgehead atoms. The maximum Gasteiger partial charge on any atom is 0.219 e. The predicted octanol–water partition coefficient (Wildman–Crippen LogP) is 3.02. The van der Waals surface area contributed by atoms with E-state index >= 15 is 0 Å². The third-order valence-corrected chi connectivity index (χ3v) is 3.40. The number of para-hydroxylation sites is 1. The molecule has 3 rings (SSSR count). The number of ether oxygens (including phenoxy) is 2. The number of benzene rings is 2. The number of hydrogen-bond acceptors (Lipinski definition) is 3. The highest BCUT2D eigenvalue weighted by atomic mass is 16.7. The fourth-order valence-electron chi connectivity index (χ4n) is 2.33.